The molecule has 0 aromatic heterocycles. The molecule has 1 atom stereocenters. The molecule has 7 heteroatoms. The summed E-state index contributed by atoms with van der Waals surface area (Å²) in [5.74, 6) is -1.47. The summed E-state index contributed by atoms with van der Waals surface area (Å²) in [4.78, 5) is 36.5. The van der Waals surface area contributed by atoms with E-state index in [1.807, 2.05) is 0 Å². The number of halogens is 1. The van der Waals surface area contributed by atoms with Crippen molar-refractivity contribution in [3.8, 4) is 0 Å². The number of hydrogen-bond acceptors (Lipinski definition) is 5. The van der Waals surface area contributed by atoms with Crippen LogP contribution in [0.15, 0.2) is 22.7 Å². The third-order valence-electron chi connectivity index (χ3n) is 3.32. The quantitative estimate of drug-likeness (QED) is 0.772. The van der Waals surface area contributed by atoms with Crippen molar-refractivity contribution in [2.45, 2.75) is 6.42 Å². The molecule has 6 nitrogen and oxygen atoms in total. The number of rotatable bonds is 3. The lowest BCUT2D eigenvalue weighted by molar-refractivity contribution is -0.145. The van der Waals surface area contributed by atoms with Gasteiger partial charge in [-0.1, -0.05) is 0 Å². The number of anilines is 1. The molecule has 112 valence electrons. The summed E-state index contributed by atoms with van der Waals surface area (Å²) < 4.78 is 9.90. The predicted molar refractivity (Wildman–Crippen MR) is 78.0 cm³/mol. The minimum Gasteiger partial charge on any atom is -0.469 e. The zero-order chi connectivity index (χ0) is 15.6. The van der Waals surface area contributed by atoms with Gasteiger partial charge in [-0.05, 0) is 34.1 Å². The Kier molecular flexibility index (Phi) is 4.62. The molecule has 1 unspecified atom stereocenters. The normalized spacial score (nSPS) is 17.8. The Bertz CT molecular complexity index is 601. The van der Waals surface area contributed by atoms with Crippen LogP contribution in [0.4, 0.5) is 5.69 Å². The number of hydrogen-bond donors (Lipinski definition) is 0. The number of carbonyl (C=O) groups is 3. The van der Waals surface area contributed by atoms with Crippen molar-refractivity contribution in [3.63, 3.8) is 0 Å². The third-order valence-corrected chi connectivity index (χ3v) is 3.95. The van der Waals surface area contributed by atoms with Crippen molar-refractivity contribution in [1.82, 2.24) is 0 Å². The lowest BCUT2D eigenvalue weighted by Crippen LogP contribution is -2.26. The van der Waals surface area contributed by atoms with Gasteiger partial charge in [-0.25, -0.2) is 4.79 Å². The Labute approximate surface area is 130 Å². The summed E-state index contributed by atoms with van der Waals surface area (Å²) in [6.07, 6.45) is 0.123. The smallest absolute Gasteiger partial charge is 0.337 e. The summed E-state index contributed by atoms with van der Waals surface area (Å²) in [7, 11) is 2.60. The second-order valence-electron chi connectivity index (χ2n) is 4.59. The largest absolute Gasteiger partial charge is 0.469 e. The number of carbonyl (C=O) groups excluding carboxylic acids is 3. The number of esters is 2. The molecule has 0 saturated carbocycles. The summed E-state index contributed by atoms with van der Waals surface area (Å²) in [6.45, 7) is 0.266. The number of ether oxygens (including phenoxy) is 2. The topological polar surface area (TPSA) is 72.9 Å². The van der Waals surface area contributed by atoms with Crippen LogP contribution in [0.1, 0.15) is 16.8 Å². The van der Waals surface area contributed by atoms with Crippen molar-refractivity contribution < 1.29 is 23.9 Å². The van der Waals surface area contributed by atoms with Gasteiger partial charge in [0.05, 0.1) is 31.4 Å². The predicted octanol–water partition coefficient (Wildman–Crippen LogP) is 1.76. The fraction of sp³-hybridized carbons (Fsp3) is 0.357. The van der Waals surface area contributed by atoms with Gasteiger partial charge in [0.1, 0.15) is 0 Å². The number of benzene rings is 1. The fourth-order valence-corrected chi connectivity index (χ4v) is 2.83. The molecule has 1 aromatic carbocycles. The highest BCUT2D eigenvalue weighted by atomic mass is 79.9. The maximum Gasteiger partial charge on any atom is 0.337 e. The highest BCUT2D eigenvalue weighted by Crippen LogP contribution is 2.32. The van der Waals surface area contributed by atoms with E-state index >= 15 is 0 Å². The third kappa shape index (κ3) is 3.07. The van der Waals surface area contributed by atoms with E-state index in [-0.39, 0.29) is 18.9 Å². The number of nitrogens with zero attached hydrogens (tertiary/aromatic N) is 1. The van der Waals surface area contributed by atoms with E-state index in [1.54, 1.807) is 18.2 Å². The van der Waals surface area contributed by atoms with E-state index in [0.29, 0.717) is 15.7 Å². The van der Waals surface area contributed by atoms with Crippen LogP contribution in [0, 0.1) is 5.92 Å². The fourth-order valence-electron chi connectivity index (χ4n) is 2.24. The van der Waals surface area contributed by atoms with E-state index in [4.69, 9.17) is 0 Å². The first-order valence-electron chi connectivity index (χ1n) is 6.24. The van der Waals surface area contributed by atoms with Crippen LogP contribution in [-0.4, -0.2) is 38.6 Å². The maximum atomic E-state index is 12.0. The van der Waals surface area contributed by atoms with Gasteiger partial charge in [0.15, 0.2) is 0 Å². The molecule has 1 fully saturated rings. The summed E-state index contributed by atoms with van der Waals surface area (Å²) in [5.41, 5.74) is 0.989. The molecule has 2 rings (SSSR count). The molecule has 0 spiro atoms. The molecule has 0 N–H and O–H groups in total. The van der Waals surface area contributed by atoms with Crippen LogP contribution in [0.25, 0.3) is 0 Å². The van der Waals surface area contributed by atoms with Crippen molar-refractivity contribution in [2.75, 3.05) is 25.7 Å². The summed E-state index contributed by atoms with van der Waals surface area (Å²) in [5, 5.41) is 0. The molecule has 0 aliphatic carbocycles. The van der Waals surface area contributed by atoms with E-state index in [2.05, 4.69) is 25.4 Å². The van der Waals surface area contributed by atoms with Gasteiger partial charge in [0, 0.05) is 17.4 Å². The second-order valence-corrected chi connectivity index (χ2v) is 5.44. The minimum atomic E-state index is -0.463. The zero-order valence-corrected chi connectivity index (χ0v) is 13.2. The van der Waals surface area contributed by atoms with Crippen LogP contribution in [0.3, 0.4) is 0 Å². The van der Waals surface area contributed by atoms with Crippen molar-refractivity contribution in [1.29, 1.82) is 0 Å². The summed E-state index contributed by atoms with van der Waals surface area (Å²) >= 11 is 3.34. The van der Waals surface area contributed by atoms with Crippen LogP contribution < -0.4 is 4.90 Å². The lowest BCUT2D eigenvalue weighted by Gasteiger charge is -2.18. The molecule has 1 saturated heterocycles. The van der Waals surface area contributed by atoms with Crippen molar-refractivity contribution >= 4 is 39.5 Å². The Hall–Kier alpha value is -1.89. The molecule has 1 amide bonds. The standard InChI is InChI=1S/C14H14BrNO5/c1-20-13(18)8-3-4-11(10(15)5-8)16-7-9(6-12(16)17)14(19)21-2/h3-5,9H,6-7H2,1-2H3. The Morgan fingerprint density at radius 1 is 1.29 bits per heavy atom. The van der Waals surface area contributed by atoms with Crippen molar-refractivity contribution in [3.05, 3.63) is 28.2 Å². The first-order chi connectivity index (χ1) is 9.97. The highest BCUT2D eigenvalue weighted by molar-refractivity contribution is 9.10. The first-order valence-corrected chi connectivity index (χ1v) is 7.03. The molecule has 1 aliphatic rings. The summed E-state index contributed by atoms with van der Waals surface area (Å²) in [6, 6.07) is 4.80. The van der Waals surface area contributed by atoms with E-state index < -0.39 is 17.9 Å². The molecular weight excluding hydrogens is 342 g/mol. The van der Waals surface area contributed by atoms with Gasteiger partial charge < -0.3 is 14.4 Å². The van der Waals surface area contributed by atoms with E-state index in [1.165, 1.54) is 19.1 Å². The van der Waals surface area contributed by atoms with E-state index in [9.17, 15) is 14.4 Å². The van der Waals surface area contributed by atoms with Gasteiger partial charge in [-0.2, -0.15) is 0 Å². The molecule has 21 heavy (non-hydrogen) atoms. The van der Waals surface area contributed by atoms with Gasteiger partial charge in [0.25, 0.3) is 0 Å². The molecule has 1 aliphatic heterocycles. The van der Waals surface area contributed by atoms with Gasteiger partial charge in [-0.15, -0.1) is 0 Å². The average Bonchev–Trinajstić information content (AvgIpc) is 2.87. The monoisotopic (exact) mass is 355 g/mol. The van der Waals surface area contributed by atoms with E-state index in [0.717, 1.165) is 0 Å². The van der Waals surface area contributed by atoms with Gasteiger partial charge in [-0.3, -0.25) is 9.59 Å². The molecular formula is C14H14BrNO5. The average molecular weight is 356 g/mol. The Morgan fingerprint density at radius 2 is 2.00 bits per heavy atom. The zero-order valence-electron chi connectivity index (χ0n) is 11.6. The number of methoxy groups -OCH3 is 2. The molecule has 1 aromatic rings. The number of amides is 1. The highest BCUT2D eigenvalue weighted by Gasteiger charge is 2.36. The lowest BCUT2D eigenvalue weighted by atomic mass is 10.1. The van der Waals surface area contributed by atoms with Gasteiger partial charge in [0.2, 0.25) is 5.91 Å². The first kappa shape index (κ1) is 15.5. The van der Waals surface area contributed by atoms with Crippen molar-refractivity contribution in [2.24, 2.45) is 5.92 Å². The van der Waals surface area contributed by atoms with Crippen LogP contribution in [0.2, 0.25) is 0 Å². The van der Waals surface area contributed by atoms with Crippen LogP contribution >= 0.6 is 15.9 Å². The van der Waals surface area contributed by atoms with Gasteiger partial charge >= 0.3 is 11.9 Å². The molecule has 0 bridgehead atoms. The minimum absolute atomic E-state index is 0.123. The molecule has 1 heterocycles. The molecule has 0 radical (unpaired) electrons. The second kappa shape index (κ2) is 6.26. The SMILES string of the molecule is COC(=O)c1ccc(N2CC(C(=O)OC)CC2=O)c(Br)c1. The van der Waals surface area contributed by atoms with Crippen LogP contribution in [-0.2, 0) is 19.1 Å². The Morgan fingerprint density at radius 3 is 2.57 bits per heavy atom. The maximum absolute atomic E-state index is 12.0. The van der Waals surface area contributed by atoms with Crippen LogP contribution in [0.5, 0.6) is 0 Å². The Balaban J connectivity index is 2.25.